The molecule has 3 nitrogen and oxygen atoms in total. The maximum Gasteiger partial charge on any atom is 0.122 e. The molecule has 0 saturated heterocycles. The van der Waals surface area contributed by atoms with E-state index in [4.69, 9.17) is 15.9 Å². The van der Waals surface area contributed by atoms with Crippen molar-refractivity contribution in [2.45, 2.75) is 19.8 Å². The number of methoxy groups -OCH3 is 1. The molecule has 0 aliphatic carbocycles. The van der Waals surface area contributed by atoms with Crippen LogP contribution in [0, 0.1) is 5.41 Å². The van der Waals surface area contributed by atoms with Crippen LogP contribution in [0.1, 0.15) is 30.9 Å². The van der Waals surface area contributed by atoms with Crippen molar-refractivity contribution < 1.29 is 4.74 Å². The minimum atomic E-state index is 0.0922. The summed E-state index contributed by atoms with van der Waals surface area (Å²) in [6, 6.07) is 5.56. The lowest BCUT2D eigenvalue weighted by molar-refractivity contribution is 0.407. The van der Waals surface area contributed by atoms with Crippen molar-refractivity contribution in [2.75, 3.05) is 7.11 Å². The summed E-state index contributed by atoms with van der Waals surface area (Å²) in [5.41, 5.74) is 7.25. The molecule has 0 saturated carbocycles. The van der Waals surface area contributed by atoms with Crippen molar-refractivity contribution in [3.05, 3.63) is 29.3 Å². The predicted molar refractivity (Wildman–Crippen MR) is 58.1 cm³/mol. The number of nitrogen functional groups attached to an aromatic ring is 1. The highest BCUT2D eigenvalue weighted by atomic mass is 16.5. The van der Waals surface area contributed by atoms with E-state index < -0.39 is 0 Å². The molecular weight excluding hydrogens is 176 g/mol. The van der Waals surface area contributed by atoms with E-state index in [-0.39, 0.29) is 5.84 Å². The molecule has 0 radical (unpaired) electrons. The van der Waals surface area contributed by atoms with Crippen molar-refractivity contribution in [3.63, 3.8) is 0 Å². The molecule has 0 aromatic heterocycles. The number of hydrogen-bond donors (Lipinski definition) is 2. The highest BCUT2D eigenvalue weighted by Crippen LogP contribution is 2.26. The van der Waals surface area contributed by atoms with Gasteiger partial charge in [0.2, 0.25) is 0 Å². The van der Waals surface area contributed by atoms with Crippen LogP contribution in [-0.4, -0.2) is 12.9 Å². The van der Waals surface area contributed by atoms with Gasteiger partial charge < -0.3 is 10.5 Å². The minimum Gasteiger partial charge on any atom is -0.496 e. The fourth-order valence-corrected chi connectivity index (χ4v) is 1.35. The van der Waals surface area contributed by atoms with Gasteiger partial charge in [-0.05, 0) is 29.7 Å². The predicted octanol–water partition coefficient (Wildman–Crippen LogP) is 2.10. The van der Waals surface area contributed by atoms with Crippen molar-refractivity contribution in [1.82, 2.24) is 0 Å². The Labute approximate surface area is 84.4 Å². The van der Waals surface area contributed by atoms with E-state index in [1.807, 2.05) is 12.1 Å². The Morgan fingerprint density at radius 2 is 2.07 bits per heavy atom. The Morgan fingerprint density at radius 1 is 1.43 bits per heavy atom. The van der Waals surface area contributed by atoms with Gasteiger partial charge in [0, 0.05) is 5.56 Å². The van der Waals surface area contributed by atoms with E-state index in [9.17, 15) is 0 Å². The van der Waals surface area contributed by atoms with Crippen LogP contribution >= 0.6 is 0 Å². The normalized spacial score (nSPS) is 10.3. The average molecular weight is 192 g/mol. The second-order valence-electron chi connectivity index (χ2n) is 3.53. The van der Waals surface area contributed by atoms with E-state index in [1.54, 1.807) is 13.2 Å². The van der Waals surface area contributed by atoms with Crippen LogP contribution in [0.15, 0.2) is 18.2 Å². The molecule has 14 heavy (non-hydrogen) atoms. The summed E-state index contributed by atoms with van der Waals surface area (Å²) in [5.74, 6) is 1.31. The van der Waals surface area contributed by atoms with Gasteiger partial charge in [-0.15, -0.1) is 0 Å². The number of benzene rings is 1. The number of amidine groups is 1. The standard InChI is InChI=1S/C11H16N2O/c1-7(2)9-6-8(11(12)13)4-5-10(9)14-3/h4-7H,1-3H3,(H3,12,13). The van der Waals surface area contributed by atoms with Crippen LogP contribution in [-0.2, 0) is 0 Å². The summed E-state index contributed by atoms with van der Waals surface area (Å²) >= 11 is 0. The summed E-state index contributed by atoms with van der Waals surface area (Å²) < 4.78 is 5.23. The number of rotatable bonds is 3. The molecule has 76 valence electrons. The molecule has 0 heterocycles. The van der Waals surface area contributed by atoms with Gasteiger partial charge in [0.05, 0.1) is 7.11 Å². The Hall–Kier alpha value is -1.51. The number of hydrogen-bond acceptors (Lipinski definition) is 2. The summed E-state index contributed by atoms with van der Waals surface area (Å²) in [7, 11) is 1.65. The van der Waals surface area contributed by atoms with Crippen molar-refractivity contribution in [3.8, 4) is 5.75 Å². The lowest BCUT2D eigenvalue weighted by Gasteiger charge is -2.12. The lowest BCUT2D eigenvalue weighted by atomic mass is 9.99. The zero-order valence-corrected chi connectivity index (χ0v) is 8.79. The fraction of sp³-hybridized carbons (Fsp3) is 0.364. The smallest absolute Gasteiger partial charge is 0.122 e. The summed E-state index contributed by atoms with van der Waals surface area (Å²) in [6.07, 6.45) is 0. The Balaban J connectivity index is 3.20. The molecule has 0 aliphatic heterocycles. The zero-order chi connectivity index (χ0) is 10.7. The van der Waals surface area contributed by atoms with Gasteiger partial charge in [0.25, 0.3) is 0 Å². The summed E-state index contributed by atoms with van der Waals surface area (Å²) in [6.45, 7) is 4.17. The highest BCUT2D eigenvalue weighted by molar-refractivity contribution is 5.95. The third-order valence-electron chi connectivity index (χ3n) is 2.16. The minimum absolute atomic E-state index is 0.0922. The fourth-order valence-electron chi connectivity index (χ4n) is 1.35. The molecule has 1 aromatic rings. The molecular formula is C11H16N2O. The molecule has 0 aliphatic rings. The Bertz CT molecular complexity index is 345. The topological polar surface area (TPSA) is 59.1 Å². The molecule has 0 spiro atoms. The monoisotopic (exact) mass is 192 g/mol. The first-order valence-electron chi connectivity index (χ1n) is 4.58. The third kappa shape index (κ3) is 2.05. The summed E-state index contributed by atoms with van der Waals surface area (Å²) in [4.78, 5) is 0. The molecule has 1 aromatic carbocycles. The molecule has 1 rings (SSSR count). The van der Waals surface area contributed by atoms with Gasteiger partial charge in [-0.1, -0.05) is 13.8 Å². The van der Waals surface area contributed by atoms with Gasteiger partial charge in [0.15, 0.2) is 0 Å². The largest absolute Gasteiger partial charge is 0.496 e. The first-order chi connectivity index (χ1) is 6.56. The second kappa shape index (κ2) is 4.13. The summed E-state index contributed by atoms with van der Waals surface area (Å²) in [5, 5.41) is 7.34. The second-order valence-corrected chi connectivity index (χ2v) is 3.53. The molecule has 0 unspecified atom stereocenters. The molecule has 0 atom stereocenters. The zero-order valence-electron chi connectivity index (χ0n) is 8.79. The van der Waals surface area contributed by atoms with Crippen LogP contribution in [0.25, 0.3) is 0 Å². The van der Waals surface area contributed by atoms with Gasteiger partial charge in [-0.2, -0.15) is 0 Å². The molecule has 0 amide bonds. The average Bonchev–Trinajstić information content (AvgIpc) is 2.16. The quantitative estimate of drug-likeness (QED) is 0.569. The van der Waals surface area contributed by atoms with E-state index in [1.165, 1.54) is 0 Å². The first-order valence-corrected chi connectivity index (χ1v) is 4.58. The Kier molecular flexibility index (Phi) is 3.12. The number of nitrogens with two attached hydrogens (primary N) is 1. The molecule has 3 N–H and O–H groups in total. The molecule has 3 heteroatoms. The molecule has 0 fully saturated rings. The maximum absolute atomic E-state index is 7.34. The van der Waals surface area contributed by atoms with Gasteiger partial charge in [-0.25, -0.2) is 0 Å². The van der Waals surface area contributed by atoms with Crippen LogP contribution < -0.4 is 10.5 Å². The third-order valence-corrected chi connectivity index (χ3v) is 2.16. The van der Waals surface area contributed by atoms with Crippen molar-refractivity contribution >= 4 is 5.84 Å². The van der Waals surface area contributed by atoms with Crippen LogP contribution in [0.3, 0.4) is 0 Å². The lowest BCUT2D eigenvalue weighted by Crippen LogP contribution is -2.11. The van der Waals surface area contributed by atoms with Crippen molar-refractivity contribution in [1.29, 1.82) is 5.41 Å². The van der Waals surface area contributed by atoms with Crippen molar-refractivity contribution in [2.24, 2.45) is 5.73 Å². The molecule has 0 bridgehead atoms. The van der Waals surface area contributed by atoms with Gasteiger partial charge in [0.1, 0.15) is 11.6 Å². The highest BCUT2D eigenvalue weighted by Gasteiger charge is 2.08. The van der Waals surface area contributed by atoms with Crippen LogP contribution in [0.5, 0.6) is 5.75 Å². The van der Waals surface area contributed by atoms with E-state index in [0.717, 1.165) is 16.9 Å². The van der Waals surface area contributed by atoms with E-state index >= 15 is 0 Å². The maximum atomic E-state index is 7.34. The Morgan fingerprint density at radius 3 is 2.50 bits per heavy atom. The first kappa shape index (κ1) is 10.6. The van der Waals surface area contributed by atoms with Crippen LogP contribution in [0.4, 0.5) is 0 Å². The number of nitrogens with one attached hydrogen (secondary N) is 1. The van der Waals surface area contributed by atoms with E-state index in [0.29, 0.717) is 5.92 Å². The SMILES string of the molecule is COc1ccc(C(=N)N)cc1C(C)C. The number of ether oxygens (including phenoxy) is 1. The van der Waals surface area contributed by atoms with Gasteiger partial charge >= 0.3 is 0 Å². The van der Waals surface area contributed by atoms with Gasteiger partial charge in [-0.3, -0.25) is 5.41 Å². The van der Waals surface area contributed by atoms with Crippen LogP contribution in [0.2, 0.25) is 0 Å². The van der Waals surface area contributed by atoms with E-state index in [2.05, 4.69) is 13.8 Å².